The van der Waals surface area contributed by atoms with Gasteiger partial charge in [-0.1, -0.05) is 13.8 Å². The van der Waals surface area contributed by atoms with E-state index in [9.17, 15) is 8.42 Å². The average molecular weight is 297 g/mol. The van der Waals surface area contributed by atoms with Gasteiger partial charge in [-0.05, 0) is 36.6 Å². The van der Waals surface area contributed by atoms with Crippen molar-refractivity contribution in [3.05, 3.63) is 24.3 Å². The third-order valence-corrected chi connectivity index (χ3v) is 5.42. The minimum Gasteiger partial charge on any atom is -0.370 e. The molecule has 0 aromatic heterocycles. The Morgan fingerprint density at radius 3 is 2.55 bits per heavy atom. The van der Waals surface area contributed by atoms with Crippen LogP contribution in [0.5, 0.6) is 0 Å². The van der Waals surface area contributed by atoms with Crippen LogP contribution in [0.4, 0.5) is 5.69 Å². The van der Waals surface area contributed by atoms with Crippen LogP contribution in [-0.2, 0) is 10.0 Å². The monoisotopic (exact) mass is 297 g/mol. The molecule has 5 nitrogen and oxygen atoms in total. The molecular weight excluding hydrogens is 274 g/mol. The second-order valence-corrected chi connectivity index (χ2v) is 7.14. The molecule has 0 saturated carbocycles. The van der Waals surface area contributed by atoms with Crippen LogP contribution in [0.3, 0.4) is 0 Å². The molecular formula is C14H23N3O2S. The average Bonchev–Trinajstić information content (AvgIpc) is 2.42. The third-order valence-electron chi connectivity index (χ3n) is 3.86. The van der Waals surface area contributed by atoms with Crippen molar-refractivity contribution in [2.45, 2.75) is 31.2 Å². The first-order valence-corrected chi connectivity index (χ1v) is 8.52. The predicted octanol–water partition coefficient (Wildman–Crippen LogP) is 1.16. The molecule has 1 aliphatic heterocycles. The lowest BCUT2D eigenvalue weighted by Gasteiger charge is -2.36. The van der Waals surface area contributed by atoms with Gasteiger partial charge in [-0.25, -0.2) is 13.1 Å². The van der Waals surface area contributed by atoms with Gasteiger partial charge < -0.3 is 10.6 Å². The Hall–Kier alpha value is -1.11. The lowest BCUT2D eigenvalue weighted by Crippen LogP contribution is -2.47. The number of rotatable bonds is 4. The van der Waals surface area contributed by atoms with Crippen molar-refractivity contribution in [1.29, 1.82) is 0 Å². The van der Waals surface area contributed by atoms with Crippen LogP contribution < -0.4 is 15.4 Å². The zero-order chi connectivity index (χ0) is 14.8. The van der Waals surface area contributed by atoms with Crippen molar-refractivity contribution < 1.29 is 8.42 Å². The van der Waals surface area contributed by atoms with E-state index in [1.165, 1.54) is 0 Å². The Kier molecular flexibility index (Phi) is 4.67. The summed E-state index contributed by atoms with van der Waals surface area (Å²) in [7, 11) is -3.37. The molecule has 1 heterocycles. The largest absolute Gasteiger partial charge is 0.370 e. The standard InChI is InChI=1S/C14H23N3O2S/c1-3-16-20(18,19)13-6-4-12(5-7-13)17-9-8-11(2)14(15)10-17/h4-7,11,14,16H,3,8-10,15H2,1-2H3. The Morgan fingerprint density at radius 1 is 1.35 bits per heavy atom. The van der Waals surface area contributed by atoms with Crippen LogP contribution in [-0.4, -0.2) is 34.1 Å². The summed E-state index contributed by atoms with van der Waals surface area (Å²) >= 11 is 0. The van der Waals surface area contributed by atoms with Crippen LogP contribution >= 0.6 is 0 Å². The van der Waals surface area contributed by atoms with Crippen molar-refractivity contribution in [2.24, 2.45) is 11.7 Å². The quantitative estimate of drug-likeness (QED) is 0.874. The summed E-state index contributed by atoms with van der Waals surface area (Å²) in [4.78, 5) is 2.52. The molecule has 0 bridgehead atoms. The molecule has 0 radical (unpaired) electrons. The fourth-order valence-corrected chi connectivity index (χ4v) is 3.48. The fourth-order valence-electron chi connectivity index (χ4n) is 2.44. The van der Waals surface area contributed by atoms with Gasteiger partial charge in [0.25, 0.3) is 0 Å². The maximum absolute atomic E-state index is 11.9. The SMILES string of the molecule is CCNS(=O)(=O)c1ccc(N2CCC(C)C(N)C2)cc1. The number of piperidine rings is 1. The zero-order valence-electron chi connectivity index (χ0n) is 12.0. The lowest BCUT2D eigenvalue weighted by molar-refractivity contribution is 0.379. The first-order valence-electron chi connectivity index (χ1n) is 7.04. The van der Waals surface area contributed by atoms with Gasteiger partial charge in [0.05, 0.1) is 4.90 Å². The molecule has 2 atom stereocenters. The summed E-state index contributed by atoms with van der Waals surface area (Å²) in [6.07, 6.45) is 1.07. The van der Waals surface area contributed by atoms with Gasteiger partial charge >= 0.3 is 0 Å². The van der Waals surface area contributed by atoms with E-state index >= 15 is 0 Å². The maximum atomic E-state index is 11.9. The third kappa shape index (κ3) is 3.31. The van der Waals surface area contributed by atoms with Crippen molar-refractivity contribution in [2.75, 3.05) is 24.5 Å². The number of sulfonamides is 1. The summed E-state index contributed by atoms with van der Waals surface area (Å²) < 4.78 is 26.2. The van der Waals surface area contributed by atoms with E-state index in [-0.39, 0.29) is 6.04 Å². The summed E-state index contributed by atoms with van der Waals surface area (Å²) in [6, 6.07) is 7.18. The summed E-state index contributed by atoms with van der Waals surface area (Å²) in [5.41, 5.74) is 7.13. The maximum Gasteiger partial charge on any atom is 0.240 e. The van der Waals surface area contributed by atoms with E-state index in [0.29, 0.717) is 17.4 Å². The van der Waals surface area contributed by atoms with Crippen LogP contribution in [0.2, 0.25) is 0 Å². The highest BCUT2D eigenvalue weighted by atomic mass is 32.2. The minimum absolute atomic E-state index is 0.175. The molecule has 1 saturated heterocycles. The number of nitrogens with one attached hydrogen (secondary N) is 1. The van der Waals surface area contributed by atoms with Crippen LogP contribution in [0.25, 0.3) is 0 Å². The second kappa shape index (κ2) is 6.11. The molecule has 0 aliphatic carbocycles. The molecule has 6 heteroatoms. The highest BCUT2D eigenvalue weighted by molar-refractivity contribution is 7.89. The number of benzene rings is 1. The summed E-state index contributed by atoms with van der Waals surface area (Å²) in [5, 5.41) is 0. The summed E-state index contributed by atoms with van der Waals surface area (Å²) in [5.74, 6) is 0.541. The molecule has 1 fully saturated rings. The Morgan fingerprint density at radius 2 is 2.00 bits per heavy atom. The molecule has 112 valence electrons. The van der Waals surface area contributed by atoms with Gasteiger partial charge in [-0.2, -0.15) is 0 Å². The molecule has 1 aromatic carbocycles. The molecule has 0 spiro atoms. The highest BCUT2D eigenvalue weighted by Crippen LogP contribution is 2.23. The van der Waals surface area contributed by atoms with E-state index in [4.69, 9.17) is 5.73 Å². The zero-order valence-corrected chi connectivity index (χ0v) is 12.9. The molecule has 2 unspecified atom stereocenters. The minimum atomic E-state index is -3.37. The van der Waals surface area contributed by atoms with Crippen molar-refractivity contribution in [3.63, 3.8) is 0 Å². The molecule has 0 amide bonds. The number of nitrogens with two attached hydrogens (primary N) is 1. The lowest BCUT2D eigenvalue weighted by atomic mass is 9.94. The predicted molar refractivity (Wildman–Crippen MR) is 81.3 cm³/mol. The smallest absolute Gasteiger partial charge is 0.240 e. The molecule has 1 aliphatic rings. The van der Waals surface area contributed by atoms with E-state index in [1.54, 1.807) is 19.1 Å². The molecule has 20 heavy (non-hydrogen) atoms. The van der Waals surface area contributed by atoms with Crippen molar-refractivity contribution in [3.8, 4) is 0 Å². The van der Waals surface area contributed by atoms with Gasteiger partial charge in [-0.15, -0.1) is 0 Å². The van der Waals surface area contributed by atoms with E-state index in [2.05, 4.69) is 16.5 Å². The molecule has 2 rings (SSSR count). The number of anilines is 1. The van der Waals surface area contributed by atoms with Crippen molar-refractivity contribution in [1.82, 2.24) is 4.72 Å². The fraction of sp³-hybridized carbons (Fsp3) is 0.571. The van der Waals surface area contributed by atoms with Crippen LogP contribution in [0, 0.1) is 5.92 Å². The Labute approximate surface area is 121 Å². The van der Waals surface area contributed by atoms with Gasteiger partial charge in [0.1, 0.15) is 0 Å². The van der Waals surface area contributed by atoms with E-state index < -0.39 is 10.0 Å². The number of nitrogens with zero attached hydrogens (tertiary/aromatic N) is 1. The van der Waals surface area contributed by atoms with E-state index in [0.717, 1.165) is 25.2 Å². The number of hydrogen-bond acceptors (Lipinski definition) is 4. The first-order chi connectivity index (χ1) is 9.44. The molecule has 3 N–H and O–H groups in total. The Balaban J connectivity index is 2.13. The van der Waals surface area contributed by atoms with Crippen LogP contribution in [0.15, 0.2) is 29.2 Å². The van der Waals surface area contributed by atoms with Gasteiger partial charge in [0.2, 0.25) is 10.0 Å². The summed E-state index contributed by atoms with van der Waals surface area (Å²) in [6.45, 7) is 6.12. The van der Waals surface area contributed by atoms with E-state index in [1.807, 2.05) is 12.1 Å². The van der Waals surface area contributed by atoms with Gasteiger partial charge in [-0.3, -0.25) is 0 Å². The second-order valence-electron chi connectivity index (χ2n) is 5.37. The topological polar surface area (TPSA) is 75.4 Å². The van der Waals surface area contributed by atoms with Crippen LogP contribution in [0.1, 0.15) is 20.3 Å². The highest BCUT2D eigenvalue weighted by Gasteiger charge is 2.23. The van der Waals surface area contributed by atoms with Gasteiger partial charge in [0, 0.05) is 31.4 Å². The van der Waals surface area contributed by atoms with Gasteiger partial charge in [0.15, 0.2) is 0 Å². The first kappa shape index (κ1) is 15.3. The number of hydrogen-bond donors (Lipinski definition) is 2. The molecule has 1 aromatic rings. The Bertz CT molecular complexity index is 542. The normalized spacial score (nSPS) is 23.9. The van der Waals surface area contributed by atoms with Crippen molar-refractivity contribution >= 4 is 15.7 Å².